The van der Waals surface area contributed by atoms with Gasteiger partial charge in [0, 0.05) is 25.2 Å². The molecule has 5 nitrogen and oxygen atoms in total. The second-order valence-corrected chi connectivity index (χ2v) is 6.12. The predicted molar refractivity (Wildman–Crippen MR) is 84.0 cm³/mol. The van der Waals surface area contributed by atoms with Crippen LogP contribution in [0.25, 0.3) is 0 Å². The number of aliphatic hydroxyl groups is 1. The van der Waals surface area contributed by atoms with Gasteiger partial charge in [0.15, 0.2) is 0 Å². The molecule has 0 saturated carbocycles. The summed E-state index contributed by atoms with van der Waals surface area (Å²) in [5.74, 6) is 0.704. The first-order valence-corrected chi connectivity index (χ1v) is 8.14. The van der Waals surface area contributed by atoms with E-state index >= 15 is 0 Å². The molecule has 1 aromatic rings. The number of likely N-dealkylation sites (tertiary alicyclic amines) is 1. The van der Waals surface area contributed by atoms with E-state index in [-0.39, 0.29) is 17.9 Å². The van der Waals surface area contributed by atoms with Crippen molar-refractivity contribution in [2.24, 2.45) is 0 Å². The van der Waals surface area contributed by atoms with Crippen LogP contribution in [0.4, 0.5) is 0 Å². The molecule has 22 heavy (non-hydrogen) atoms. The molecular weight excluding hydrogens is 280 g/mol. The molecule has 0 aromatic heterocycles. The number of hydrogen-bond acceptors (Lipinski definition) is 4. The zero-order valence-corrected chi connectivity index (χ0v) is 12.8. The SMILES string of the molecule is O=C(NCCCN1CCC(O)CC1)C1COc2ccccc21. The van der Waals surface area contributed by atoms with Crippen molar-refractivity contribution in [3.05, 3.63) is 29.8 Å². The van der Waals surface area contributed by atoms with Crippen molar-refractivity contribution >= 4 is 5.91 Å². The molecule has 1 unspecified atom stereocenters. The van der Waals surface area contributed by atoms with Crippen molar-refractivity contribution < 1.29 is 14.6 Å². The van der Waals surface area contributed by atoms with Crippen LogP contribution in [0.15, 0.2) is 24.3 Å². The number of aliphatic hydroxyl groups excluding tert-OH is 1. The zero-order valence-electron chi connectivity index (χ0n) is 12.8. The lowest BCUT2D eigenvalue weighted by Crippen LogP contribution is -2.38. The van der Waals surface area contributed by atoms with Gasteiger partial charge in [-0.2, -0.15) is 0 Å². The fourth-order valence-electron chi connectivity index (χ4n) is 3.16. The molecule has 5 heteroatoms. The molecule has 2 aliphatic rings. The number of rotatable bonds is 5. The smallest absolute Gasteiger partial charge is 0.231 e. The summed E-state index contributed by atoms with van der Waals surface area (Å²) in [5.41, 5.74) is 0.991. The van der Waals surface area contributed by atoms with Gasteiger partial charge in [0.05, 0.1) is 6.10 Å². The van der Waals surface area contributed by atoms with E-state index in [1.54, 1.807) is 0 Å². The molecule has 2 heterocycles. The molecular formula is C17H24N2O3. The van der Waals surface area contributed by atoms with E-state index in [0.29, 0.717) is 13.2 Å². The quantitative estimate of drug-likeness (QED) is 0.801. The third kappa shape index (κ3) is 3.59. The molecule has 1 saturated heterocycles. The van der Waals surface area contributed by atoms with Crippen LogP contribution in [0.1, 0.15) is 30.7 Å². The molecule has 0 bridgehead atoms. The third-order valence-electron chi connectivity index (χ3n) is 4.52. The normalized spacial score (nSPS) is 22.1. The Kier molecular flexibility index (Phi) is 4.95. The van der Waals surface area contributed by atoms with Crippen LogP contribution in [-0.4, -0.2) is 54.8 Å². The summed E-state index contributed by atoms with van der Waals surface area (Å²) < 4.78 is 5.55. The summed E-state index contributed by atoms with van der Waals surface area (Å²) in [6, 6.07) is 7.74. The minimum atomic E-state index is -0.179. The largest absolute Gasteiger partial charge is 0.492 e. The molecule has 3 rings (SSSR count). The van der Waals surface area contributed by atoms with E-state index in [1.807, 2.05) is 24.3 Å². The van der Waals surface area contributed by atoms with Crippen molar-refractivity contribution in [3.8, 4) is 5.75 Å². The van der Waals surface area contributed by atoms with Crippen molar-refractivity contribution in [2.45, 2.75) is 31.3 Å². The molecule has 1 amide bonds. The van der Waals surface area contributed by atoms with Gasteiger partial charge < -0.3 is 20.1 Å². The van der Waals surface area contributed by atoms with Crippen molar-refractivity contribution in [1.82, 2.24) is 10.2 Å². The number of hydrogen-bond donors (Lipinski definition) is 2. The molecule has 1 atom stereocenters. The lowest BCUT2D eigenvalue weighted by atomic mass is 10.0. The highest BCUT2D eigenvalue weighted by molar-refractivity contribution is 5.85. The number of ether oxygens (including phenoxy) is 1. The van der Waals surface area contributed by atoms with E-state index < -0.39 is 0 Å². The maximum Gasteiger partial charge on any atom is 0.231 e. The number of carbonyl (C=O) groups excluding carboxylic acids is 1. The van der Waals surface area contributed by atoms with Gasteiger partial charge in [-0.05, 0) is 31.9 Å². The maximum absolute atomic E-state index is 12.3. The number of benzene rings is 1. The summed E-state index contributed by atoms with van der Waals surface area (Å²) in [5, 5.41) is 12.5. The Morgan fingerprint density at radius 1 is 1.32 bits per heavy atom. The van der Waals surface area contributed by atoms with Crippen molar-refractivity contribution in [2.75, 3.05) is 32.8 Å². The van der Waals surface area contributed by atoms with Gasteiger partial charge in [0.25, 0.3) is 0 Å². The Balaban J connectivity index is 1.38. The van der Waals surface area contributed by atoms with E-state index in [4.69, 9.17) is 4.74 Å². The van der Waals surface area contributed by atoms with Crippen LogP contribution in [0.2, 0.25) is 0 Å². The summed E-state index contributed by atoms with van der Waals surface area (Å²) in [4.78, 5) is 14.6. The summed E-state index contributed by atoms with van der Waals surface area (Å²) in [6.07, 6.45) is 2.54. The number of piperidine rings is 1. The van der Waals surface area contributed by atoms with Gasteiger partial charge in [0.1, 0.15) is 18.3 Å². The molecule has 2 aliphatic heterocycles. The van der Waals surface area contributed by atoms with E-state index in [2.05, 4.69) is 10.2 Å². The maximum atomic E-state index is 12.3. The van der Waals surface area contributed by atoms with Crippen molar-refractivity contribution in [1.29, 1.82) is 0 Å². The second-order valence-electron chi connectivity index (χ2n) is 6.12. The van der Waals surface area contributed by atoms with E-state index in [1.165, 1.54) is 0 Å². The molecule has 0 radical (unpaired) electrons. The van der Waals surface area contributed by atoms with Gasteiger partial charge in [-0.3, -0.25) is 4.79 Å². The van der Waals surface area contributed by atoms with E-state index in [0.717, 1.165) is 50.2 Å². The molecule has 0 spiro atoms. The first-order chi connectivity index (χ1) is 10.7. The van der Waals surface area contributed by atoms with Crippen LogP contribution >= 0.6 is 0 Å². The van der Waals surface area contributed by atoms with Gasteiger partial charge in [0.2, 0.25) is 5.91 Å². The van der Waals surface area contributed by atoms with Gasteiger partial charge in [-0.25, -0.2) is 0 Å². The first kappa shape index (κ1) is 15.3. The van der Waals surface area contributed by atoms with Crippen LogP contribution in [0.5, 0.6) is 5.75 Å². The number of carbonyl (C=O) groups is 1. The lowest BCUT2D eigenvalue weighted by molar-refractivity contribution is -0.122. The number of para-hydroxylation sites is 1. The summed E-state index contributed by atoms with van der Waals surface area (Å²) in [6.45, 7) is 4.02. The average Bonchev–Trinajstić information content (AvgIpc) is 2.97. The zero-order chi connectivity index (χ0) is 15.4. The van der Waals surface area contributed by atoms with E-state index in [9.17, 15) is 9.90 Å². The van der Waals surface area contributed by atoms with Gasteiger partial charge in [-0.15, -0.1) is 0 Å². The fraction of sp³-hybridized carbons (Fsp3) is 0.588. The van der Waals surface area contributed by atoms with Crippen LogP contribution in [0.3, 0.4) is 0 Å². The highest BCUT2D eigenvalue weighted by Gasteiger charge is 2.29. The molecule has 0 aliphatic carbocycles. The lowest BCUT2D eigenvalue weighted by Gasteiger charge is -2.29. The Hall–Kier alpha value is -1.59. The third-order valence-corrected chi connectivity index (χ3v) is 4.52. The highest BCUT2D eigenvalue weighted by Crippen LogP contribution is 2.33. The summed E-state index contributed by atoms with van der Waals surface area (Å²) in [7, 11) is 0. The highest BCUT2D eigenvalue weighted by atomic mass is 16.5. The molecule has 1 fully saturated rings. The number of fused-ring (bicyclic) bond motifs is 1. The Labute approximate surface area is 131 Å². The molecule has 120 valence electrons. The van der Waals surface area contributed by atoms with Crippen LogP contribution in [-0.2, 0) is 4.79 Å². The Morgan fingerprint density at radius 3 is 2.91 bits per heavy atom. The number of nitrogens with one attached hydrogen (secondary N) is 1. The van der Waals surface area contributed by atoms with Crippen LogP contribution in [0, 0.1) is 0 Å². The van der Waals surface area contributed by atoms with Crippen molar-refractivity contribution in [3.63, 3.8) is 0 Å². The molecule has 2 N–H and O–H groups in total. The first-order valence-electron chi connectivity index (χ1n) is 8.14. The second kappa shape index (κ2) is 7.11. The monoisotopic (exact) mass is 304 g/mol. The average molecular weight is 304 g/mol. The number of amides is 1. The molecule has 1 aromatic carbocycles. The minimum Gasteiger partial charge on any atom is -0.492 e. The fourth-order valence-corrected chi connectivity index (χ4v) is 3.16. The Morgan fingerprint density at radius 2 is 2.09 bits per heavy atom. The van der Waals surface area contributed by atoms with Gasteiger partial charge >= 0.3 is 0 Å². The van der Waals surface area contributed by atoms with Gasteiger partial charge in [-0.1, -0.05) is 18.2 Å². The standard InChI is InChI=1S/C17H24N2O3/c20-13-6-10-19(11-7-13)9-3-8-18-17(21)15-12-22-16-5-2-1-4-14(15)16/h1-2,4-5,13,15,20H,3,6-12H2,(H,18,21). The Bertz CT molecular complexity index is 512. The topological polar surface area (TPSA) is 61.8 Å². The minimum absolute atomic E-state index is 0.0546. The predicted octanol–water partition coefficient (Wildman–Crippen LogP) is 1.13. The summed E-state index contributed by atoms with van der Waals surface area (Å²) >= 11 is 0. The number of nitrogens with zero attached hydrogens (tertiary/aromatic N) is 1. The van der Waals surface area contributed by atoms with Crippen LogP contribution < -0.4 is 10.1 Å².